The van der Waals surface area contributed by atoms with E-state index in [1.807, 2.05) is 0 Å². The molecular weight excluding hydrogens is 224 g/mol. The van der Waals surface area contributed by atoms with Gasteiger partial charge in [-0.05, 0) is 24.8 Å². The molecule has 1 aromatic rings. The van der Waals surface area contributed by atoms with Crippen LogP contribution in [0.5, 0.6) is 0 Å². The van der Waals surface area contributed by atoms with Gasteiger partial charge in [0, 0.05) is 12.6 Å². The summed E-state index contributed by atoms with van der Waals surface area (Å²) in [5, 5.41) is 14.8. The molecule has 3 heteroatoms. The van der Waals surface area contributed by atoms with Crippen molar-refractivity contribution in [2.75, 3.05) is 0 Å². The minimum absolute atomic E-state index is 0.244. The number of aromatic nitrogens is 2. The van der Waals surface area contributed by atoms with Crippen molar-refractivity contribution in [3.05, 3.63) is 18.0 Å². The van der Waals surface area contributed by atoms with Crippen LogP contribution in [0.3, 0.4) is 0 Å². The largest absolute Gasteiger partial charge is 0.392 e. The molecule has 0 aromatic carbocycles. The topological polar surface area (TPSA) is 38.0 Å². The first-order valence-corrected chi connectivity index (χ1v) is 7.46. The Bertz CT molecular complexity index is 351. The van der Waals surface area contributed by atoms with E-state index in [-0.39, 0.29) is 6.10 Å². The molecule has 0 radical (unpaired) electrons. The van der Waals surface area contributed by atoms with Gasteiger partial charge in [0.05, 0.1) is 17.8 Å². The van der Waals surface area contributed by atoms with E-state index in [0.717, 1.165) is 18.5 Å². The lowest BCUT2D eigenvalue weighted by Gasteiger charge is -2.19. The molecule has 1 atom stereocenters. The van der Waals surface area contributed by atoms with Gasteiger partial charge in [-0.2, -0.15) is 5.10 Å². The van der Waals surface area contributed by atoms with Gasteiger partial charge in [-0.1, -0.05) is 39.5 Å². The minimum Gasteiger partial charge on any atom is -0.392 e. The number of rotatable bonds is 6. The van der Waals surface area contributed by atoms with Crippen LogP contribution in [0.25, 0.3) is 0 Å². The summed E-state index contributed by atoms with van der Waals surface area (Å²) in [6, 6.07) is 2.67. The Hall–Kier alpha value is -0.830. The van der Waals surface area contributed by atoms with Gasteiger partial charge in [-0.25, -0.2) is 0 Å². The summed E-state index contributed by atoms with van der Waals surface area (Å²) in [4.78, 5) is 0. The third-order valence-electron chi connectivity index (χ3n) is 4.37. The highest BCUT2D eigenvalue weighted by Gasteiger charge is 2.20. The van der Waals surface area contributed by atoms with Crippen LogP contribution in [0.2, 0.25) is 0 Å². The molecule has 0 spiro atoms. The number of aliphatic hydroxyl groups excluding tert-OH is 1. The van der Waals surface area contributed by atoms with E-state index in [4.69, 9.17) is 0 Å². The van der Waals surface area contributed by atoms with Gasteiger partial charge >= 0.3 is 0 Å². The van der Waals surface area contributed by atoms with Crippen molar-refractivity contribution in [3.63, 3.8) is 0 Å². The van der Waals surface area contributed by atoms with Crippen LogP contribution in [-0.4, -0.2) is 21.0 Å². The summed E-state index contributed by atoms with van der Waals surface area (Å²) in [6.07, 6.45) is 9.81. The molecule has 0 aliphatic heterocycles. The molecule has 1 aliphatic carbocycles. The second kappa shape index (κ2) is 6.37. The van der Waals surface area contributed by atoms with Crippen molar-refractivity contribution >= 4 is 0 Å². The second-order valence-corrected chi connectivity index (χ2v) is 5.57. The standard InChI is InChI=1S/C15H26N2O/c1-3-12(4-2)15(18)11-13-9-10-17(16-13)14-7-5-6-8-14/h9-10,12,14-15,18H,3-8,11H2,1-2H3. The predicted octanol–water partition coefficient (Wildman–Crippen LogP) is 3.34. The van der Waals surface area contributed by atoms with Crippen LogP contribution < -0.4 is 0 Å². The third kappa shape index (κ3) is 3.14. The lowest BCUT2D eigenvalue weighted by Crippen LogP contribution is -2.22. The monoisotopic (exact) mass is 250 g/mol. The van der Waals surface area contributed by atoms with Crippen molar-refractivity contribution in [2.24, 2.45) is 5.92 Å². The SMILES string of the molecule is CCC(CC)C(O)Cc1ccn(C2CCCC2)n1. The number of hydrogen-bond acceptors (Lipinski definition) is 2. The third-order valence-corrected chi connectivity index (χ3v) is 4.37. The molecule has 0 bridgehead atoms. The van der Waals surface area contributed by atoms with Gasteiger partial charge in [0.25, 0.3) is 0 Å². The van der Waals surface area contributed by atoms with E-state index in [1.54, 1.807) is 0 Å². The molecule has 102 valence electrons. The summed E-state index contributed by atoms with van der Waals surface area (Å²) in [7, 11) is 0. The van der Waals surface area contributed by atoms with Crippen molar-refractivity contribution in [1.82, 2.24) is 9.78 Å². The first kappa shape index (κ1) is 13.6. The van der Waals surface area contributed by atoms with Crippen molar-refractivity contribution in [2.45, 2.75) is 70.9 Å². The van der Waals surface area contributed by atoms with Gasteiger partial charge < -0.3 is 5.11 Å². The molecule has 1 fully saturated rings. The fourth-order valence-corrected chi connectivity index (χ4v) is 3.07. The average molecular weight is 250 g/mol. The van der Waals surface area contributed by atoms with E-state index in [0.29, 0.717) is 18.4 Å². The Balaban J connectivity index is 1.93. The van der Waals surface area contributed by atoms with E-state index < -0.39 is 0 Å². The Kier molecular flexibility index (Phi) is 4.81. The maximum Gasteiger partial charge on any atom is 0.0650 e. The summed E-state index contributed by atoms with van der Waals surface area (Å²) in [5.74, 6) is 0.404. The summed E-state index contributed by atoms with van der Waals surface area (Å²) in [6.45, 7) is 4.29. The highest BCUT2D eigenvalue weighted by atomic mass is 16.3. The van der Waals surface area contributed by atoms with Crippen LogP contribution in [0.15, 0.2) is 12.3 Å². The maximum atomic E-state index is 10.2. The Labute approximate surface area is 110 Å². The maximum absolute atomic E-state index is 10.2. The van der Waals surface area contributed by atoms with Crippen LogP contribution in [0.1, 0.15) is 64.1 Å². The van der Waals surface area contributed by atoms with Gasteiger partial charge in [-0.3, -0.25) is 4.68 Å². The first-order valence-electron chi connectivity index (χ1n) is 7.46. The van der Waals surface area contributed by atoms with Crippen molar-refractivity contribution < 1.29 is 5.11 Å². The average Bonchev–Trinajstić information content (AvgIpc) is 3.00. The van der Waals surface area contributed by atoms with Crippen molar-refractivity contribution in [1.29, 1.82) is 0 Å². The predicted molar refractivity (Wildman–Crippen MR) is 73.5 cm³/mol. The quantitative estimate of drug-likeness (QED) is 0.841. The molecule has 1 aliphatic rings. The Morgan fingerprint density at radius 1 is 1.33 bits per heavy atom. The van der Waals surface area contributed by atoms with Gasteiger partial charge in [0.2, 0.25) is 0 Å². The highest BCUT2D eigenvalue weighted by molar-refractivity contribution is 5.02. The van der Waals surface area contributed by atoms with Crippen LogP contribution in [0, 0.1) is 5.92 Å². The van der Waals surface area contributed by atoms with E-state index in [1.165, 1.54) is 25.7 Å². The molecule has 0 saturated heterocycles. The van der Waals surface area contributed by atoms with Crippen molar-refractivity contribution in [3.8, 4) is 0 Å². The number of aliphatic hydroxyl groups is 1. The highest BCUT2D eigenvalue weighted by Crippen LogP contribution is 2.29. The molecule has 1 saturated carbocycles. The fourth-order valence-electron chi connectivity index (χ4n) is 3.07. The molecule has 0 amide bonds. The zero-order valence-corrected chi connectivity index (χ0v) is 11.7. The molecule has 18 heavy (non-hydrogen) atoms. The van der Waals surface area contributed by atoms with Crippen LogP contribution >= 0.6 is 0 Å². The molecule has 2 rings (SSSR count). The summed E-state index contributed by atoms with van der Waals surface area (Å²) in [5.41, 5.74) is 1.04. The minimum atomic E-state index is -0.244. The smallest absolute Gasteiger partial charge is 0.0650 e. The second-order valence-electron chi connectivity index (χ2n) is 5.57. The van der Waals surface area contributed by atoms with E-state index in [2.05, 4.69) is 35.9 Å². The molecule has 1 aromatic heterocycles. The van der Waals surface area contributed by atoms with Crippen LogP contribution in [0.4, 0.5) is 0 Å². The van der Waals surface area contributed by atoms with Gasteiger partial charge in [0.1, 0.15) is 0 Å². The fraction of sp³-hybridized carbons (Fsp3) is 0.800. The van der Waals surface area contributed by atoms with Crippen LogP contribution in [-0.2, 0) is 6.42 Å². The lowest BCUT2D eigenvalue weighted by atomic mass is 9.93. The number of nitrogens with zero attached hydrogens (tertiary/aromatic N) is 2. The zero-order chi connectivity index (χ0) is 13.0. The molecule has 1 heterocycles. The molecule has 3 nitrogen and oxygen atoms in total. The summed E-state index contributed by atoms with van der Waals surface area (Å²) >= 11 is 0. The normalized spacial score (nSPS) is 18.7. The van der Waals surface area contributed by atoms with Gasteiger partial charge in [-0.15, -0.1) is 0 Å². The Morgan fingerprint density at radius 3 is 2.61 bits per heavy atom. The number of hydrogen-bond donors (Lipinski definition) is 1. The van der Waals surface area contributed by atoms with E-state index in [9.17, 15) is 5.11 Å². The van der Waals surface area contributed by atoms with E-state index >= 15 is 0 Å². The lowest BCUT2D eigenvalue weighted by molar-refractivity contribution is 0.102. The first-order chi connectivity index (χ1) is 8.74. The zero-order valence-electron chi connectivity index (χ0n) is 11.7. The molecule has 1 unspecified atom stereocenters. The molecule has 1 N–H and O–H groups in total. The Morgan fingerprint density at radius 2 is 2.00 bits per heavy atom. The summed E-state index contributed by atoms with van der Waals surface area (Å²) < 4.78 is 2.11. The van der Waals surface area contributed by atoms with Gasteiger partial charge in [0.15, 0.2) is 0 Å². The molecular formula is C15H26N2O.